The molecule has 20 heavy (non-hydrogen) atoms. The smallest absolute Gasteiger partial charge is 0.368 e. The van der Waals surface area contributed by atoms with Gasteiger partial charge in [0.25, 0.3) is 0 Å². The van der Waals surface area contributed by atoms with Crippen LogP contribution in [0.15, 0.2) is 11.2 Å². The Bertz CT molecular complexity index is 658. The Morgan fingerprint density at radius 3 is 2.45 bits per heavy atom. The van der Waals surface area contributed by atoms with Gasteiger partial charge in [-0.2, -0.15) is 22.8 Å². The standard InChI is InChI=1S/C9H6Cl2F3N5S/c1-20-8-17-7(15)19(18-8)6-4(10)2-3(5(11)16-6)9(12,13)14/h2H,1H3,(H2,15,17,18). The van der Waals surface area contributed by atoms with Crippen molar-refractivity contribution >= 4 is 40.9 Å². The van der Waals surface area contributed by atoms with Gasteiger partial charge in [0.1, 0.15) is 5.15 Å². The van der Waals surface area contributed by atoms with E-state index in [1.807, 2.05) is 0 Å². The number of aromatic nitrogens is 4. The van der Waals surface area contributed by atoms with Crippen molar-refractivity contribution in [1.29, 1.82) is 0 Å². The normalized spacial score (nSPS) is 11.9. The van der Waals surface area contributed by atoms with Gasteiger partial charge in [0.2, 0.25) is 11.1 Å². The van der Waals surface area contributed by atoms with Crippen LogP contribution in [0, 0.1) is 0 Å². The van der Waals surface area contributed by atoms with Crippen LogP contribution < -0.4 is 5.73 Å². The first-order valence-corrected chi connectivity index (χ1v) is 6.92. The molecule has 0 saturated heterocycles. The molecule has 11 heteroatoms. The van der Waals surface area contributed by atoms with Crippen LogP contribution in [-0.4, -0.2) is 26.0 Å². The summed E-state index contributed by atoms with van der Waals surface area (Å²) in [6.45, 7) is 0. The van der Waals surface area contributed by atoms with E-state index in [9.17, 15) is 13.2 Å². The Hall–Kier alpha value is -1.19. The second kappa shape index (κ2) is 5.30. The summed E-state index contributed by atoms with van der Waals surface area (Å²) < 4.78 is 39.0. The minimum absolute atomic E-state index is 0.0559. The van der Waals surface area contributed by atoms with E-state index >= 15 is 0 Å². The first kappa shape index (κ1) is 15.2. The van der Waals surface area contributed by atoms with E-state index in [4.69, 9.17) is 28.9 Å². The summed E-state index contributed by atoms with van der Waals surface area (Å²) in [7, 11) is 0. The summed E-state index contributed by atoms with van der Waals surface area (Å²) >= 11 is 12.5. The van der Waals surface area contributed by atoms with Gasteiger partial charge in [-0.1, -0.05) is 35.0 Å². The molecule has 0 aromatic carbocycles. The van der Waals surface area contributed by atoms with Crippen molar-refractivity contribution in [2.24, 2.45) is 0 Å². The number of thioether (sulfide) groups is 1. The molecule has 0 aliphatic rings. The Morgan fingerprint density at radius 2 is 1.95 bits per heavy atom. The van der Waals surface area contributed by atoms with Gasteiger partial charge in [0.05, 0.1) is 10.6 Å². The average Bonchev–Trinajstić information content (AvgIpc) is 2.71. The highest BCUT2D eigenvalue weighted by atomic mass is 35.5. The molecule has 0 atom stereocenters. The van der Waals surface area contributed by atoms with E-state index in [2.05, 4.69) is 15.1 Å². The van der Waals surface area contributed by atoms with Crippen LogP contribution >= 0.6 is 35.0 Å². The number of hydrogen-bond donors (Lipinski definition) is 1. The highest BCUT2D eigenvalue weighted by Gasteiger charge is 2.35. The number of nitrogen functional groups attached to an aromatic ring is 1. The van der Waals surface area contributed by atoms with Gasteiger partial charge < -0.3 is 5.73 Å². The quantitative estimate of drug-likeness (QED) is 0.669. The maximum Gasteiger partial charge on any atom is 0.419 e. The molecule has 2 N–H and O–H groups in total. The molecule has 2 heterocycles. The van der Waals surface area contributed by atoms with Gasteiger partial charge in [-0.3, -0.25) is 0 Å². The molecular weight excluding hydrogens is 338 g/mol. The zero-order chi connectivity index (χ0) is 15.1. The van der Waals surface area contributed by atoms with Crippen LogP contribution in [-0.2, 0) is 6.18 Å². The van der Waals surface area contributed by atoms with E-state index in [1.165, 1.54) is 11.8 Å². The minimum Gasteiger partial charge on any atom is -0.368 e. The van der Waals surface area contributed by atoms with Gasteiger partial charge in [-0.25, -0.2) is 4.98 Å². The molecule has 2 aromatic rings. The number of pyridine rings is 1. The second-order valence-corrected chi connectivity index (χ2v) is 5.04. The van der Waals surface area contributed by atoms with Crippen LogP contribution in [0.25, 0.3) is 5.82 Å². The Balaban J connectivity index is 2.59. The average molecular weight is 344 g/mol. The third-order valence-electron chi connectivity index (χ3n) is 2.21. The summed E-state index contributed by atoms with van der Waals surface area (Å²) in [4.78, 5) is 7.48. The van der Waals surface area contributed by atoms with E-state index in [0.717, 1.165) is 4.68 Å². The molecule has 0 fully saturated rings. The third-order valence-corrected chi connectivity index (χ3v) is 3.32. The van der Waals surface area contributed by atoms with Crippen LogP contribution in [0.2, 0.25) is 10.2 Å². The van der Waals surface area contributed by atoms with Crippen LogP contribution in [0.1, 0.15) is 5.56 Å². The molecule has 2 rings (SSSR count). The van der Waals surface area contributed by atoms with Crippen molar-refractivity contribution in [2.45, 2.75) is 11.3 Å². The van der Waals surface area contributed by atoms with Gasteiger partial charge in [0.15, 0.2) is 5.82 Å². The number of anilines is 1. The summed E-state index contributed by atoms with van der Waals surface area (Å²) in [5.74, 6) is -0.172. The maximum absolute atomic E-state index is 12.7. The van der Waals surface area contributed by atoms with Crippen molar-refractivity contribution in [3.8, 4) is 5.82 Å². The van der Waals surface area contributed by atoms with E-state index in [0.29, 0.717) is 11.2 Å². The van der Waals surface area contributed by atoms with Crippen LogP contribution in [0.4, 0.5) is 19.1 Å². The predicted octanol–water partition coefficient (Wildman–Crippen LogP) is 3.29. The van der Waals surface area contributed by atoms with Gasteiger partial charge in [-0.15, -0.1) is 5.10 Å². The number of nitrogens with zero attached hydrogens (tertiary/aromatic N) is 4. The van der Waals surface area contributed by atoms with Crippen molar-refractivity contribution in [3.63, 3.8) is 0 Å². The van der Waals surface area contributed by atoms with E-state index in [-0.39, 0.29) is 16.8 Å². The fraction of sp³-hybridized carbons (Fsp3) is 0.222. The Morgan fingerprint density at radius 1 is 1.30 bits per heavy atom. The number of hydrogen-bond acceptors (Lipinski definition) is 5. The lowest BCUT2D eigenvalue weighted by atomic mass is 10.3. The lowest BCUT2D eigenvalue weighted by Crippen LogP contribution is -2.11. The second-order valence-electron chi connectivity index (χ2n) is 3.50. The number of nitrogens with two attached hydrogens (primary N) is 1. The predicted molar refractivity (Wildman–Crippen MR) is 70.4 cm³/mol. The molecule has 0 bridgehead atoms. The first-order valence-electron chi connectivity index (χ1n) is 4.94. The van der Waals surface area contributed by atoms with Crippen molar-refractivity contribution < 1.29 is 13.2 Å². The summed E-state index contributed by atoms with van der Waals surface area (Å²) in [5.41, 5.74) is 4.48. The Labute approximate surface area is 125 Å². The summed E-state index contributed by atoms with van der Waals surface area (Å²) in [6.07, 6.45) is -2.93. The largest absolute Gasteiger partial charge is 0.419 e. The fourth-order valence-corrected chi connectivity index (χ4v) is 2.17. The summed E-state index contributed by atoms with van der Waals surface area (Å²) in [6, 6.07) is 0.673. The lowest BCUT2D eigenvalue weighted by molar-refractivity contribution is -0.137. The van der Waals surface area contributed by atoms with E-state index in [1.54, 1.807) is 6.26 Å². The molecule has 0 aliphatic carbocycles. The van der Waals surface area contributed by atoms with Gasteiger partial charge in [-0.05, 0) is 12.3 Å². The number of rotatable bonds is 2. The SMILES string of the molecule is CSc1nc(N)n(-c2nc(Cl)c(C(F)(F)F)cc2Cl)n1. The molecule has 0 amide bonds. The molecule has 2 aromatic heterocycles. The molecule has 0 unspecified atom stereocenters. The first-order chi connectivity index (χ1) is 9.24. The van der Waals surface area contributed by atoms with Crippen molar-refractivity contribution in [3.05, 3.63) is 21.8 Å². The topological polar surface area (TPSA) is 69.6 Å². The third kappa shape index (κ3) is 2.79. The molecule has 0 saturated carbocycles. The molecule has 0 radical (unpaired) electrons. The van der Waals surface area contributed by atoms with Crippen LogP contribution in [0.3, 0.4) is 0 Å². The minimum atomic E-state index is -4.65. The highest BCUT2D eigenvalue weighted by Crippen LogP contribution is 2.37. The van der Waals surface area contributed by atoms with Crippen molar-refractivity contribution in [2.75, 3.05) is 12.0 Å². The van der Waals surface area contributed by atoms with E-state index < -0.39 is 16.9 Å². The molecule has 5 nitrogen and oxygen atoms in total. The van der Waals surface area contributed by atoms with Crippen LogP contribution in [0.5, 0.6) is 0 Å². The fourth-order valence-electron chi connectivity index (χ4n) is 1.35. The molecule has 0 spiro atoms. The van der Waals surface area contributed by atoms with Gasteiger partial charge >= 0.3 is 6.18 Å². The number of halogens is 5. The molecule has 108 valence electrons. The molecular formula is C9H6Cl2F3N5S. The Kier molecular flexibility index (Phi) is 4.03. The highest BCUT2D eigenvalue weighted by molar-refractivity contribution is 7.98. The number of alkyl halides is 3. The monoisotopic (exact) mass is 343 g/mol. The zero-order valence-corrected chi connectivity index (χ0v) is 12.1. The zero-order valence-electron chi connectivity index (χ0n) is 9.74. The lowest BCUT2D eigenvalue weighted by Gasteiger charge is -2.11. The maximum atomic E-state index is 12.7. The van der Waals surface area contributed by atoms with Crippen molar-refractivity contribution in [1.82, 2.24) is 19.7 Å². The summed E-state index contributed by atoms with van der Waals surface area (Å²) in [5, 5.41) is 3.25. The molecule has 0 aliphatic heterocycles. The van der Waals surface area contributed by atoms with Gasteiger partial charge in [0, 0.05) is 0 Å².